The Bertz CT molecular complexity index is 359. The third-order valence-electron chi connectivity index (χ3n) is 1.53. The maximum Gasteiger partial charge on any atom is 0.180 e. The van der Waals surface area contributed by atoms with Gasteiger partial charge in [-0.05, 0) is 10.8 Å². The molecule has 0 saturated carbocycles. The Morgan fingerprint density at radius 2 is 1.75 bits per heavy atom. The first-order valence-electron chi connectivity index (χ1n) is 5.54. The smallest absolute Gasteiger partial charge is 0.180 e. The van der Waals surface area contributed by atoms with Gasteiger partial charge in [-0.1, -0.05) is 12.1 Å². The van der Waals surface area contributed by atoms with E-state index in [1.165, 1.54) is 12.7 Å². The number of nitrogens with zero attached hydrogens (tertiary/aromatic N) is 3. The average Bonchev–Trinajstić information content (AvgIpc) is 3.40. The second kappa shape index (κ2) is 13.2. The van der Waals surface area contributed by atoms with Gasteiger partial charge in [-0.25, -0.2) is 9.97 Å². The fourth-order valence-electron chi connectivity index (χ4n) is 0.793. The topological polar surface area (TPSA) is 67.6 Å². The standard InChI is InChI=1S/C4H4S.C3H4N2.C3H3NO.C3H3NS/c1-2-4-5-3-1;3*1-2-5-3-4-1/h1-4H;1-3H,(H,4,5);2*1-3H. The molecule has 0 amide bonds. The number of thiophene rings is 1. The SMILES string of the molecule is c1c[nH]cn1.c1ccsc1.c1cocn1.c1cscn1. The van der Waals surface area contributed by atoms with Gasteiger partial charge in [-0.2, -0.15) is 11.3 Å². The van der Waals surface area contributed by atoms with Crippen molar-refractivity contribution in [2.45, 2.75) is 0 Å². The van der Waals surface area contributed by atoms with Crippen LogP contribution in [0, 0.1) is 0 Å². The third-order valence-corrected chi connectivity index (χ3v) is 2.68. The van der Waals surface area contributed by atoms with Crippen LogP contribution >= 0.6 is 22.7 Å². The molecule has 5 nitrogen and oxygen atoms in total. The van der Waals surface area contributed by atoms with Gasteiger partial charge in [0.2, 0.25) is 0 Å². The van der Waals surface area contributed by atoms with Gasteiger partial charge < -0.3 is 9.40 Å². The minimum atomic E-state index is 1.38. The summed E-state index contributed by atoms with van der Waals surface area (Å²) in [7, 11) is 0. The average molecular weight is 306 g/mol. The van der Waals surface area contributed by atoms with E-state index in [0.29, 0.717) is 0 Å². The Balaban J connectivity index is 0.000000133. The van der Waals surface area contributed by atoms with Crippen molar-refractivity contribution in [2.24, 2.45) is 0 Å². The van der Waals surface area contributed by atoms with Crippen LogP contribution in [0.25, 0.3) is 0 Å². The van der Waals surface area contributed by atoms with Crippen molar-refractivity contribution in [3.8, 4) is 0 Å². The van der Waals surface area contributed by atoms with Gasteiger partial charge in [-0.15, -0.1) is 11.3 Å². The predicted molar refractivity (Wildman–Crippen MR) is 81.5 cm³/mol. The molecule has 20 heavy (non-hydrogen) atoms. The minimum absolute atomic E-state index is 1.38. The van der Waals surface area contributed by atoms with Gasteiger partial charge in [-0.3, -0.25) is 4.98 Å². The molecule has 0 aliphatic carbocycles. The molecular weight excluding hydrogens is 292 g/mol. The zero-order valence-corrected chi connectivity index (χ0v) is 12.2. The highest BCUT2D eigenvalue weighted by Gasteiger charge is 1.60. The highest BCUT2D eigenvalue weighted by molar-refractivity contribution is 7.07. The molecule has 4 aromatic heterocycles. The molecule has 0 unspecified atom stereocenters. The van der Waals surface area contributed by atoms with Gasteiger partial charge in [0, 0.05) is 24.0 Å². The number of hydrogen-bond acceptors (Lipinski definition) is 6. The maximum absolute atomic E-state index is 4.47. The zero-order valence-electron chi connectivity index (χ0n) is 10.6. The second-order valence-corrected chi connectivity index (χ2v) is 4.48. The molecule has 4 aromatic rings. The van der Waals surface area contributed by atoms with E-state index in [1.54, 1.807) is 59.3 Å². The van der Waals surface area contributed by atoms with E-state index in [2.05, 4.69) is 24.4 Å². The first-order valence-corrected chi connectivity index (χ1v) is 7.43. The number of nitrogens with one attached hydrogen (secondary N) is 1. The number of imidazole rings is 1. The lowest BCUT2D eigenvalue weighted by Gasteiger charge is -1.47. The van der Waals surface area contributed by atoms with Crippen LogP contribution < -0.4 is 0 Å². The summed E-state index contributed by atoms with van der Waals surface area (Å²) in [6.07, 6.45) is 11.3. The molecule has 0 spiro atoms. The molecule has 0 fully saturated rings. The van der Waals surface area contributed by atoms with Crippen LogP contribution in [0.3, 0.4) is 0 Å². The summed E-state index contributed by atoms with van der Waals surface area (Å²) in [5.41, 5.74) is 1.79. The van der Waals surface area contributed by atoms with Crippen molar-refractivity contribution >= 4 is 22.7 Å². The number of rotatable bonds is 0. The monoisotopic (exact) mass is 306 g/mol. The van der Waals surface area contributed by atoms with E-state index in [9.17, 15) is 0 Å². The van der Waals surface area contributed by atoms with Crippen LogP contribution in [0.5, 0.6) is 0 Å². The van der Waals surface area contributed by atoms with Crippen LogP contribution in [0.2, 0.25) is 0 Å². The molecule has 104 valence electrons. The lowest BCUT2D eigenvalue weighted by molar-refractivity contribution is 0.558. The van der Waals surface area contributed by atoms with E-state index < -0.39 is 0 Å². The summed E-state index contributed by atoms with van der Waals surface area (Å²) >= 11 is 3.31. The first-order chi connectivity index (χ1) is 10.0. The molecule has 0 bridgehead atoms. The summed E-state index contributed by atoms with van der Waals surface area (Å²) in [6, 6.07) is 4.04. The molecule has 0 aliphatic rings. The Morgan fingerprint density at radius 3 is 1.95 bits per heavy atom. The second-order valence-electron chi connectivity index (χ2n) is 2.91. The van der Waals surface area contributed by atoms with E-state index in [4.69, 9.17) is 0 Å². The predicted octanol–water partition coefficient (Wildman–Crippen LogP) is 3.98. The van der Waals surface area contributed by atoms with Crippen molar-refractivity contribution in [1.29, 1.82) is 0 Å². The number of oxazole rings is 1. The minimum Gasteiger partial charge on any atom is -0.452 e. The first kappa shape index (κ1) is 15.8. The maximum atomic E-state index is 4.47. The molecule has 4 heterocycles. The number of aromatic amines is 1. The van der Waals surface area contributed by atoms with Gasteiger partial charge in [0.05, 0.1) is 18.0 Å². The molecule has 4 rings (SSSR count). The van der Waals surface area contributed by atoms with Gasteiger partial charge in [0.25, 0.3) is 0 Å². The molecule has 0 atom stereocenters. The molecule has 0 saturated heterocycles. The van der Waals surface area contributed by atoms with Gasteiger partial charge in [0.15, 0.2) is 6.39 Å². The number of aromatic nitrogens is 4. The van der Waals surface area contributed by atoms with E-state index in [-0.39, 0.29) is 0 Å². The van der Waals surface area contributed by atoms with Crippen molar-refractivity contribution in [3.05, 3.63) is 77.6 Å². The van der Waals surface area contributed by atoms with E-state index >= 15 is 0 Å². The Kier molecular flexibility index (Phi) is 10.4. The van der Waals surface area contributed by atoms with Crippen LogP contribution in [0.15, 0.2) is 82.0 Å². The van der Waals surface area contributed by atoms with Crippen molar-refractivity contribution in [3.63, 3.8) is 0 Å². The lowest BCUT2D eigenvalue weighted by Crippen LogP contribution is -1.44. The van der Waals surface area contributed by atoms with Crippen molar-refractivity contribution in [1.82, 2.24) is 19.9 Å². The highest BCUT2D eigenvalue weighted by atomic mass is 32.1. The van der Waals surface area contributed by atoms with Crippen LogP contribution in [-0.4, -0.2) is 19.9 Å². The summed E-state index contributed by atoms with van der Waals surface area (Å²) in [4.78, 5) is 13.7. The normalized spacial score (nSPS) is 8.00. The quantitative estimate of drug-likeness (QED) is 0.533. The highest BCUT2D eigenvalue weighted by Crippen LogP contribution is 1.91. The third kappa shape index (κ3) is 10.9. The van der Waals surface area contributed by atoms with E-state index in [0.717, 1.165) is 0 Å². The molecule has 0 radical (unpaired) electrons. The lowest BCUT2D eigenvalue weighted by atomic mass is 10.7. The van der Waals surface area contributed by atoms with E-state index in [1.807, 2.05) is 28.3 Å². The Labute approximate surface area is 125 Å². The zero-order chi connectivity index (χ0) is 14.1. The van der Waals surface area contributed by atoms with Crippen molar-refractivity contribution in [2.75, 3.05) is 0 Å². The summed E-state index contributed by atoms with van der Waals surface area (Å²) in [5.74, 6) is 0. The number of H-pyrrole nitrogens is 1. The Hall–Kier alpha value is -2.25. The van der Waals surface area contributed by atoms with Crippen LogP contribution in [0.1, 0.15) is 0 Å². The van der Waals surface area contributed by atoms with Gasteiger partial charge >= 0.3 is 0 Å². The molecule has 0 aromatic carbocycles. The van der Waals surface area contributed by atoms with Crippen LogP contribution in [-0.2, 0) is 0 Å². The molecule has 1 N–H and O–H groups in total. The van der Waals surface area contributed by atoms with Crippen molar-refractivity contribution < 1.29 is 4.42 Å². The number of thiazole rings is 1. The molecule has 7 heteroatoms. The molecule has 0 aliphatic heterocycles. The summed E-state index contributed by atoms with van der Waals surface area (Å²) in [5, 5.41) is 6.01. The Morgan fingerprint density at radius 1 is 0.850 bits per heavy atom. The summed E-state index contributed by atoms with van der Waals surface area (Å²) < 4.78 is 4.47. The summed E-state index contributed by atoms with van der Waals surface area (Å²) in [6.45, 7) is 0. The molecular formula is C13H14N4OS2. The number of hydrogen-bond donors (Lipinski definition) is 1. The fraction of sp³-hybridized carbons (Fsp3) is 0. The largest absolute Gasteiger partial charge is 0.452 e. The van der Waals surface area contributed by atoms with Crippen LogP contribution in [0.4, 0.5) is 0 Å². The fourth-order valence-corrected chi connectivity index (χ4v) is 1.60. The van der Waals surface area contributed by atoms with Gasteiger partial charge in [0.1, 0.15) is 6.26 Å².